The van der Waals surface area contributed by atoms with Crippen LogP contribution in [0.25, 0.3) is 0 Å². The molecule has 1 aromatic carbocycles. The van der Waals surface area contributed by atoms with Gasteiger partial charge in [0.25, 0.3) is 0 Å². The molecule has 0 aliphatic carbocycles. The van der Waals surface area contributed by atoms with E-state index < -0.39 is 0 Å². The summed E-state index contributed by atoms with van der Waals surface area (Å²) in [4.78, 5) is 0. The molecule has 0 N–H and O–H groups in total. The molecule has 1 aromatic rings. The van der Waals surface area contributed by atoms with Crippen molar-refractivity contribution < 1.29 is 4.74 Å². The molecule has 64 valence electrons. The van der Waals surface area contributed by atoms with Crippen LogP contribution in [0.15, 0.2) is 22.7 Å². The summed E-state index contributed by atoms with van der Waals surface area (Å²) < 4.78 is 6.35. The Morgan fingerprint density at radius 3 is 2.75 bits per heavy atom. The molecule has 1 nitrogen and oxygen atoms in total. The lowest BCUT2D eigenvalue weighted by Crippen LogP contribution is -2.02. The number of halogens is 2. The van der Waals surface area contributed by atoms with Crippen molar-refractivity contribution in [2.75, 3.05) is 6.61 Å². The van der Waals surface area contributed by atoms with Crippen molar-refractivity contribution in [3.8, 4) is 0 Å². The van der Waals surface area contributed by atoms with Crippen molar-refractivity contribution in [3.05, 3.63) is 33.3 Å². The van der Waals surface area contributed by atoms with Crippen LogP contribution in [0.4, 0.5) is 0 Å². The van der Waals surface area contributed by atoms with E-state index in [9.17, 15) is 0 Å². The molecule has 1 heterocycles. The molecule has 0 spiro atoms. The predicted octanol–water partition coefficient (Wildman–Crippen LogP) is 3.35. The topological polar surface area (TPSA) is 12.5 Å². The first-order valence-corrected chi connectivity index (χ1v) is 4.88. The van der Waals surface area contributed by atoms with Crippen LogP contribution in [0.5, 0.6) is 0 Å². The minimum Gasteiger partial charge on any atom is -0.365 e. The highest BCUT2D eigenvalue weighted by atomic mass is 79.9. The predicted molar refractivity (Wildman–Crippen MR) is 52.5 cm³/mol. The third-order valence-corrected chi connectivity index (χ3v) is 2.97. The van der Waals surface area contributed by atoms with Crippen molar-refractivity contribution in [3.63, 3.8) is 0 Å². The van der Waals surface area contributed by atoms with Crippen LogP contribution >= 0.6 is 27.5 Å². The second kappa shape index (κ2) is 2.72. The first-order valence-electron chi connectivity index (χ1n) is 3.71. The molecule has 1 aliphatic rings. The van der Waals surface area contributed by atoms with Gasteiger partial charge >= 0.3 is 0 Å². The number of ether oxygens (including phenoxy) is 1. The van der Waals surface area contributed by atoms with Gasteiger partial charge in [0.15, 0.2) is 0 Å². The van der Waals surface area contributed by atoms with Gasteiger partial charge < -0.3 is 4.74 Å². The van der Waals surface area contributed by atoms with E-state index in [1.54, 1.807) is 0 Å². The Labute approximate surface area is 84.8 Å². The number of benzene rings is 1. The Morgan fingerprint density at radius 1 is 1.58 bits per heavy atom. The van der Waals surface area contributed by atoms with Crippen molar-refractivity contribution in [1.29, 1.82) is 0 Å². The molecular weight excluding hydrogens is 239 g/mol. The lowest BCUT2D eigenvalue weighted by Gasteiger charge is -2.07. The average molecular weight is 248 g/mol. The lowest BCUT2D eigenvalue weighted by molar-refractivity contribution is 0.328. The summed E-state index contributed by atoms with van der Waals surface area (Å²) >= 11 is 9.28. The first kappa shape index (κ1) is 8.54. The zero-order valence-corrected chi connectivity index (χ0v) is 8.95. The third kappa shape index (κ3) is 1.39. The number of hydrogen-bond donors (Lipinski definition) is 0. The third-order valence-electron chi connectivity index (χ3n) is 2.08. The van der Waals surface area contributed by atoms with Gasteiger partial charge in [0.05, 0.1) is 6.61 Å². The highest BCUT2D eigenvalue weighted by molar-refractivity contribution is 9.10. The second-order valence-corrected chi connectivity index (χ2v) is 4.43. The van der Waals surface area contributed by atoms with Gasteiger partial charge in [-0.25, -0.2) is 0 Å². The fraction of sp³-hybridized carbons (Fsp3) is 0.333. The minimum absolute atomic E-state index is 0.0799. The smallest absolute Gasteiger partial charge is 0.115 e. The van der Waals surface area contributed by atoms with E-state index in [0.717, 1.165) is 16.1 Å². The van der Waals surface area contributed by atoms with Gasteiger partial charge in [-0.15, -0.1) is 0 Å². The Bertz CT molecular complexity index is 320. The molecule has 1 atom stereocenters. The van der Waals surface area contributed by atoms with Crippen molar-refractivity contribution in [2.24, 2.45) is 0 Å². The summed E-state index contributed by atoms with van der Waals surface area (Å²) in [7, 11) is 0. The van der Waals surface area contributed by atoms with E-state index >= 15 is 0 Å². The Hall–Kier alpha value is -0.0500. The molecule has 2 rings (SSSR count). The molecule has 0 radical (unpaired) electrons. The molecule has 1 unspecified atom stereocenters. The molecule has 0 bridgehead atoms. The van der Waals surface area contributed by atoms with Crippen molar-refractivity contribution in [2.45, 2.75) is 12.5 Å². The summed E-state index contributed by atoms with van der Waals surface area (Å²) in [6.45, 7) is 2.87. The molecule has 0 aromatic heterocycles. The maximum Gasteiger partial charge on any atom is 0.115 e. The van der Waals surface area contributed by atoms with Crippen LogP contribution in [0.3, 0.4) is 0 Å². The molecular formula is C9H8BrClO. The van der Waals surface area contributed by atoms with Gasteiger partial charge in [-0.05, 0) is 19.1 Å². The highest BCUT2D eigenvalue weighted by Gasteiger charge is 2.42. The molecule has 0 amide bonds. The van der Waals surface area contributed by atoms with E-state index in [4.69, 9.17) is 16.3 Å². The molecule has 1 fully saturated rings. The average Bonchev–Trinajstić information content (AvgIpc) is 2.68. The zero-order chi connectivity index (χ0) is 8.77. The van der Waals surface area contributed by atoms with E-state index in [1.807, 2.05) is 18.2 Å². The summed E-state index contributed by atoms with van der Waals surface area (Å²) in [6.07, 6.45) is 0. The number of epoxide rings is 1. The number of hydrogen-bond acceptors (Lipinski definition) is 1. The summed E-state index contributed by atoms with van der Waals surface area (Å²) in [5, 5.41) is 0.745. The fourth-order valence-electron chi connectivity index (χ4n) is 1.18. The van der Waals surface area contributed by atoms with Crippen LogP contribution in [-0.4, -0.2) is 6.61 Å². The zero-order valence-electron chi connectivity index (χ0n) is 6.60. The summed E-state index contributed by atoms with van der Waals surface area (Å²) in [5.74, 6) is 0. The molecule has 0 saturated carbocycles. The minimum atomic E-state index is -0.0799. The Balaban J connectivity index is 2.45. The van der Waals surface area contributed by atoms with E-state index in [-0.39, 0.29) is 5.60 Å². The van der Waals surface area contributed by atoms with Gasteiger partial charge in [0.1, 0.15) is 5.60 Å². The van der Waals surface area contributed by atoms with Gasteiger partial charge in [0, 0.05) is 15.1 Å². The highest BCUT2D eigenvalue weighted by Crippen LogP contribution is 2.42. The van der Waals surface area contributed by atoms with Crippen molar-refractivity contribution in [1.82, 2.24) is 0 Å². The summed E-state index contributed by atoms with van der Waals surface area (Å²) in [6, 6.07) is 5.78. The van der Waals surface area contributed by atoms with Crippen molar-refractivity contribution >= 4 is 27.5 Å². The maximum atomic E-state index is 5.82. The van der Waals surface area contributed by atoms with Crippen LogP contribution < -0.4 is 0 Å². The second-order valence-electron chi connectivity index (χ2n) is 3.14. The van der Waals surface area contributed by atoms with Crippen LogP contribution in [-0.2, 0) is 10.3 Å². The lowest BCUT2D eigenvalue weighted by atomic mass is 10.0. The van der Waals surface area contributed by atoms with E-state index in [2.05, 4.69) is 22.9 Å². The quantitative estimate of drug-likeness (QED) is 0.694. The van der Waals surface area contributed by atoms with Crippen LogP contribution in [0.2, 0.25) is 5.02 Å². The van der Waals surface area contributed by atoms with E-state index in [0.29, 0.717) is 0 Å². The largest absolute Gasteiger partial charge is 0.365 e. The normalized spacial score (nSPS) is 27.2. The molecule has 12 heavy (non-hydrogen) atoms. The molecule has 1 aliphatic heterocycles. The van der Waals surface area contributed by atoms with E-state index in [1.165, 1.54) is 5.56 Å². The first-order chi connectivity index (χ1) is 5.62. The maximum absolute atomic E-state index is 5.82. The van der Waals surface area contributed by atoms with Crippen LogP contribution in [0.1, 0.15) is 12.5 Å². The number of rotatable bonds is 1. The molecule has 1 saturated heterocycles. The summed E-state index contributed by atoms with van der Waals surface area (Å²) in [5.41, 5.74) is 1.09. The standard InChI is InChI=1S/C9H8BrClO/c1-9(5-12-9)7-3-2-6(11)4-8(7)10/h2-4H,5H2,1H3. The van der Waals surface area contributed by atoms with Gasteiger partial charge in [0.2, 0.25) is 0 Å². The Morgan fingerprint density at radius 2 is 2.25 bits per heavy atom. The van der Waals surface area contributed by atoms with Gasteiger partial charge in [-0.3, -0.25) is 0 Å². The van der Waals surface area contributed by atoms with Crippen LogP contribution in [0, 0.1) is 0 Å². The van der Waals surface area contributed by atoms with Gasteiger partial charge in [-0.2, -0.15) is 0 Å². The van der Waals surface area contributed by atoms with Gasteiger partial charge in [-0.1, -0.05) is 33.6 Å². The fourth-order valence-corrected chi connectivity index (χ4v) is 2.28. The Kier molecular flexibility index (Phi) is 1.94. The molecule has 3 heteroatoms. The SMILES string of the molecule is CC1(c2ccc(Cl)cc2Br)CO1. The monoisotopic (exact) mass is 246 g/mol.